The van der Waals surface area contributed by atoms with Gasteiger partial charge in [-0.15, -0.1) is 0 Å². The lowest BCUT2D eigenvalue weighted by Crippen LogP contribution is -2.45. The highest BCUT2D eigenvalue weighted by Crippen LogP contribution is 2.24. The number of carbonyl (C=O) groups is 2. The van der Waals surface area contributed by atoms with Gasteiger partial charge >= 0.3 is 6.03 Å². The zero-order chi connectivity index (χ0) is 25.5. The van der Waals surface area contributed by atoms with Gasteiger partial charge in [0.25, 0.3) is 5.91 Å². The molecular formula is C28H31FN4O3. The third kappa shape index (κ3) is 6.60. The summed E-state index contributed by atoms with van der Waals surface area (Å²) in [7, 11) is 0. The van der Waals surface area contributed by atoms with Crippen molar-refractivity contribution in [3.8, 4) is 0 Å². The second kappa shape index (κ2) is 11.7. The Hall–Kier alpha value is -3.91. The van der Waals surface area contributed by atoms with Gasteiger partial charge in [-0.3, -0.25) is 4.79 Å². The Morgan fingerprint density at radius 1 is 0.972 bits per heavy atom. The lowest BCUT2D eigenvalue weighted by molar-refractivity contribution is -0.118. The van der Waals surface area contributed by atoms with Crippen LogP contribution in [0.3, 0.4) is 0 Å². The molecule has 1 saturated heterocycles. The molecule has 36 heavy (non-hydrogen) atoms. The van der Waals surface area contributed by atoms with E-state index in [4.69, 9.17) is 4.74 Å². The lowest BCUT2D eigenvalue weighted by atomic mass is 10.1. The van der Waals surface area contributed by atoms with Gasteiger partial charge < -0.3 is 25.6 Å². The molecule has 0 aliphatic carbocycles. The third-order valence-corrected chi connectivity index (χ3v) is 5.94. The quantitative estimate of drug-likeness (QED) is 0.452. The maximum atomic E-state index is 14.9. The van der Waals surface area contributed by atoms with Crippen molar-refractivity contribution in [1.82, 2.24) is 10.6 Å². The molecule has 0 saturated carbocycles. The summed E-state index contributed by atoms with van der Waals surface area (Å²) >= 11 is 0. The smallest absolute Gasteiger partial charge is 0.315 e. The van der Waals surface area contributed by atoms with Crippen LogP contribution in [0.2, 0.25) is 0 Å². The summed E-state index contributed by atoms with van der Waals surface area (Å²) in [4.78, 5) is 27.7. The molecule has 7 nitrogen and oxygen atoms in total. The summed E-state index contributed by atoms with van der Waals surface area (Å²) in [5.41, 5.74) is 2.41. The third-order valence-electron chi connectivity index (χ3n) is 5.94. The fourth-order valence-corrected chi connectivity index (χ4v) is 4.34. The number of amides is 3. The average Bonchev–Trinajstić information content (AvgIpc) is 2.86. The Morgan fingerprint density at radius 3 is 2.25 bits per heavy atom. The molecule has 1 aliphatic rings. The van der Waals surface area contributed by atoms with Gasteiger partial charge in [0.15, 0.2) is 0 Å². The normalized spacial score (nSPS) is 18.2. The number of carbonyl (C=O) groups excluding carboxylic acids is 2. The first-order valence-corrected chi connectivity index (χ1v) is 12.0. The minimum absolute atomic E-state index is 0.0230. The van der Waals surface area contributed by atoms with Crippen LogP contribution in [-0.4, -0.2) is 37.2 Å². The van der Waals surface area contributed by atoms with Crippen LogP contribution < -0.4 is 20.9 Å². The number of para-hydroxylation sites is 1. The SMILES string of the molecule is CC1CN(c2ccc(CNC(=O)NC(C(=O)Nc3ccccc3)c3ccccc3)cc2F)CC(C)O1. The number of anilines is 2. The number of hydrogen-bond donors (Lipinski definition) is 3. The monoisotopic (exact) mass is 490 g/mol. The van der Waals surface area contributed by atoms with E-state index in [-0.39, 0.29) is 30.5 Å². The molecule has 8 heteroatoms. The molecule has 0 radical (unpaired) electrons. The molecule has 3 amide bonds. The fourth-order valence-electron chi connectivity index (χ4n) is 4.34. The van der Waals surface area contributed by atoms with Crippen LogP contribution >= 0.6 is 0 Å². The van der Waals surface area contributed by atoms with Gasteiger partial charge in [0, 0.05) is 25.3 Å². The maximum absolute atomic E-state index is 14.9. The highest BCUT2D eigenvalue weighted by atomic mass is 19.1. The summed E-state index contributed by atoms with van der Waals surface area (Å²) in [6.07, 6.45) is 0.0460. The first kappa shape index (κ1) is 25.2. The minimum Gasteiger partial charge on any atom is -0.372 e. The Bertz CT molecular complexity index is 1170. The Labute approximate surface area is 210 Å². The van der Waals surface area contributed by atoms with E-state index in [2.05, 4.69) is 16.0 Å². The van der Waals surface area contributed by atoms with Crippen molar-refractivity contribution in [3.05, 3.63) is 95.8 Å². The average molecular weight is 491 g/mol. The van der Waals surface area contributed by atoms with Crippen molar-refractivity contribution in [2.24, 2.45) is 0 Å². The fraction of sp³-hybridized carbons (Fsp3) is 0.286. The zero-order valence-electron chi connectivity index (χ0n) is 20.4. The van der Waals surface area contributed by atoms with Crippen molar-refractivity contribution in [2.45, 2.75) is 38.6 Å². The van der Waals surface area contributed by atoms with E-state index in [0.717, 1.165) is 0 Å². The number of hydrogen-bond acceptors (Lipinski definition) is 4. The number of benzene rings is 3. The Kier molecular flexibility index (Phi) is 8.17. The number of nitrogens with zero attached hydrogens (tertiary/aromatic N) is 1. The molecular weight excluding hydrogens is 459 g/mol. The van der Waals surface area contributed by atoms with E-state index in [9.17, 15) is 14.0 Å². The zero-order valence-corrected chi connectivity index (χ0v) is 20.4. The van der Waals surface area contributed by atoms with Crippen LogP contribution in [0, 0.1) is 5.82 Å². The topological polar surface area (TPSA) is 82.7 Å². The van der Waals surface area contributed by atoms with Crippen molar-refractivity contribution in [3.63, 3.8) is 0 Å². The molecule has 1 heterocycles. The van der Waals surface area contributed by atoms with Gasteiger partial charge in [0.05, 0.1) is 17.9 Å². The van der Waals surface area contributed by atoms with E-state index in [0.29, 0.717) is 35.6 Å². The molecule has 3 aromatic rings. The van der Waals surface area contributed by atoms with Gasteiger partial charge in [-0.2, -0.15) is 0 Å². The first-order chi connectivity index (χ1) is 17.4. The molecule has 0 bridgehead atoms. The van der Waals surface area contributed by atoms with Gasteiger partial charge in [-0.25, -0.2) is 9.18 Å². The highest BCUT2D eigenvalue weighted by molar-refractivity contribution is 5.97. The summed E-state index contributed by atoms with van der Waals surface area (Å²) in [6.45, 7) is 5.29. The number of urea groups is 1. The van der Waals surface area contributed by atoms with E-state index >= 15 is 0 Å². The van der Waals surface area contributed by atoms with Gasteiger partial charge in [0.2, 0.25) is 0 Å². The van der Waals surface area contributed by atoms with Crippen LogP contribution in [0.5, 0.6) is 0 Å². The molecule has 3 N–H and O–H groups in total. The number of ether oxygens (including phenoxy) is 1. The second-order valence-electron chi connectivity index (χ2n) is 8.97. The van der Waals surface area contributed by atoms with E-state index in [1.807, 2.05) is 43.0 Å². The predicted molar refractivity (Wildman–Crippen MR) is 138 cm³/mol. The van der Waals surface area contributed by atoms with Crippen molar-refractivity contribution >= 4 is 23.3 Å². The molecule has 0 spiro atoms. The van der Waals surface area contributed by atoms with Crippen molar-refractivity contribution < 1.29 is 18.7 Å². The molecule has 3 unspecified atom stereocenters. The molecule has 4 rings (SSSR count). The largest absolute Gasteiger partial charge is 0.372 e. The maximum Gasteiger partial charge on any atom is 0.315 e. The van der Waals surface area contributed by atoms with Crippen molar-refractivity contribution in [1.29, 1.82) is 0 Å². The van der Waals surface area contributed by atoms with Crippen LogP contribution in [0.15, 0.2) is 78.9 Å². The molecule has 1 aliphatic heterocycles. The molecule has 188 valence electrons. The van der Waals surface area contributed by atoms with Crippen LogP contribution in [0.1, 0.15) is 31.0 Å². The highest BCUT2D eigenvalue weighted by Gasteiger charge is 2.25. The van der Waals surface area contributed by atoms with Gasteiger partial charge in [0.1, 0.15) is 11.9 Å². The van der Waals surface area contributed by atoms with Crippen LogP contribution in [0.25, 0.3) is 0 Å². The number of rotatable bonds is 7. The Morgan fingerprint density at radius 2 is 1.61 bits per heavy atom. The molecule has 1 fully saturated rings. The Balaban J connectivity index is 1.39. The van der Waals surface area contributed by atoms with Crippen LogP contribution in [-0.2, 0) is 16.1 Å². The van der Waals surface area contributed by atoms with Gasteiger partial charge in [-0.05, 0) is 49.2 Å². The second-order valence-corrected chi connectivity index (χ2v) is 8.97. The molecule has 3 atom stereocenters. The molecule has 0 aromatic heterocycles. The summed E-state index contributed by atoms with van der Waals surface area (Å²) in [6, 6.07) is 21.5. The van der Waals surface area contributed by atoms with Gasteiger partial charge in [-0.1, -0.05) is 54.6 Å². The predicted octanol–water partition coefficient (Wildman–Crippen LogP) is 4.62. The van der Waals surface area contributed by atoms with E-state index in [1.54, 1.807) is 48.5 Å². The van der Waals surface area contributed by atoms with E-state index < -0.39 is 12.1 Å². The minimum atomic E-state index is -0.907. The standard InChI is InChI=1S/C28H31FN4O3/c1-19-17-33(18-20(2)36-19)25-14-13-21(15-24(25)29)16-30-28(35)32-26(22-9-5-3-6-10-22)27(34)31-23-11-7-4-8-12-23/h3-15,19-20,26H,16-18H2,1-2H3,(H,31,34)(H2,30,32,35). The summed E-state index contributed by atoms with van der Waals surface area (Å²) in [5.74, 6) is -0.715. The summed E-state index contributed by atoms with van der Waals surface area (Å²) < 4.78 is 20.6. The van der Waals surface area contributed by atoms with Crippen molar-refractivity contribution in [2.75, 3.05) is 23.3 Å². The number of morpholine rings is 1. The lowest BCUT2D eigenvalue weighted by Gasteiger charge is -2.37. The molecule has 3 aromatic carbocycles. The summed E-state index contributed by atoms with van der Waals surface area (Å²) in [5, 5.41) is 8.29. The number of halogens is 1. The first-order valence-electron chi connectivity index (χ1n) is 12.0. The van der Waals surface area contributed by atoms with E-state index in [1.165, 1.54) is 6.07 Å². The van der Waals surface area contributed by atoms with Crippen LogP contribution in [0.4, 0.5) is 20.6 Å². The number of nitrogens with one attached hydrogen (secondary N) is 3.